The third-order valence-corrected chi connectivity index (χ3v) is 4.35. The Morgan fingerprint density at radius 3 is 2.52 bits per heavy atom. The number of phenolic OH excluding ortho intramolecular Hbond substituents is 1. The molecule has 4 amide bonds. The predicted molar refractivity (Wildman–Crippen MR) is 102 cm³/mol. The van der Waals surface area contributed by atoms with Crippen molar-refractivity contribution in [2.45, 2.75) is 6.92 Å². The van der Waals surface area contributed by atoms with Gasteiger partial charge in [-0.15, -0.1) is 0 Å². The van der Waals surface area contributed by atoms with Gasteiger partial charge in [-0.1, -0.05) is 28.1 Å². The van der Waals surface area contributed by atoms with Gasteiger partial charge in [0.15, 0.2) is 11.5 Å². The van der Waals surface area contributed by atoms with Crippen LogP contribution >= 0.6 is 15.9 Å². The van der Waals surface area contributed by atoms with E-state index in [1.54, 1.807) is 43.3 Å². The van der Waals surface area contributed by atoms with Crippen LogP contribution in [0, 0.1) is 0 Å². The van der Waals surface area contributed by atoms with Crippen LogP contribution in [0.3, 0.4) is 0 Å². The fraction of sp³-hybridized carbons (Fsp3) is 0.105. The lowest BCUT2D eigenvalue weighted by molar-refractivity contribution is -0.122. The largest absolute Gasteiger partial charge is 0.504 e. The number of nitrogens with one attached hydrogen (secondary N) is 1. The normalized spacial score (nSPS) is 15.9. The number of rotatable bonds is 4. The van der Waals surface area contributed by atoms with E-state index in [9.17, 15) is 19.5 Å². The molecule has 0 saturated carbocycles. The van der Waals surface area contributed by atoms with Crippen molar-refractivity contribution in [2.24, 2.45) is 0 Å². The van der Waals surface area contributed by atoms with E-state index in [0.29, 0.717) is 12.3 Å². The Labute approximate surface area is 163 Å². The van der Waals surface area contributed by atoms with Crippen LogP contribution in [0.5, 0.6) is 11.5 Å². The van der Waals surface area contributed by atoms with Crippen LogP contribution in [0.1, 0.15) is 12.5 Å². The topological polar surface area (TPSA) is 95.9 Å². The molecule has 8 heteroatoms. The van der Waals surface area contributed by atoms with Crippen molar-refractivity contribution in [1.29, 1.82) is 0 Å². The van der Waals surface area contributed by atoms with E-state index in [2.05, 4.69) is 21.2 Å². The summed E-state index contributed by atoms with van der Waals surface area (Å²) in [4.78, 5) is 38.0. The smallest absolute Gasteiger partial charge is 0.335 e. The third-order valence-electron chi connectivity index (χ3n) is 3.82. The highest BCUT2D eigenvalue weighted by molar-refractivity contribution is 9.10. The molecular formula is C19H15BrN2O5. The van der Waals surface area contributed by atoms with E-state index in [1.165, 1.54) is 12.1 Å². The van der Waals surface area contributed by atoms with Crippen LogP contribution < -0.4 is 15.0 Å². The second kappa shape index (κ2) is 7.63. The maximum absolute atomic E-state index is 12.8. The van der Waals surface area contributed by atoms with E-state index >= 15 is 0 Å². The molecule has 0 atom stereocenters. The molecule has 0 radical (unpaired) electrons. The zero-order chi connectivity index (χ0) is 19.6. The van der Waals surface area contributed by atoms with Gasteiger partial charge < -0.3 is 9.84 Å². The second-order valence-corrected chi connectivity index (χ2v) is 6.48. The number of hydrogen-bond donors (Lipinski definition) is 2. The van der Waals surface area contributed by atoms with Crippen LogP contribution in [0.2, 0.25) is 0 Å². The summed E-state index contributed by atoms with van der Waals surface area (Å²) in [5.41, 5.74) is 0.261. The highest BCUT2D eigenvalue weighted by atomic mass is 79.9. The van der Waals surface area contributed by atoms with Crippen LogP contribution in [0.4, 0.5) is 10.5 Å². The van der Waals surface area contributed by atoms with E-state index in [-0.39, 0.29) is 22.6 Å². The summed E-state index contributed by atoms with van der Waals surface area (Å²) in [7, 11) is 0. The zero-order valence-corrected chi connectivity index (χ0v) is 15.8. The molecule has 1 fully saturated rings. The molecule has 27 heavy (non-hydrogen) atoms. The fourth-order valence-electron chi connectivity index (χ4n) is 2.57. The van der Waals surface area contributed by atoms with Crippen molar-refractivity contribution < 1.29 is 24.2 Å². The van der Waals surface area contributed by atoms with E-state index in [0.717, 1.165) is 9.37 Å². The monoisotopic (exact) mass is 430 g/mol. The molecule has 2 aromatic carbocycles. The Morgan fingerprint density at radius 1 is 1.15 bits per heavy atom. The van der Waals surface area contributed by atoms with Crippen molar-refractivity contribution in [1.82, 2.24) is 5.32 Å². The molecule has 1 saturated heterocycles. The Morgan fingerprint density at radius 2 is 1.85 bits per heavy atom. The number of aromatic hydroxyl groups is 1. The Balaban J connectivity index is 2.02. The lowest BCUT2D eigenvalue weighted by Crippen LogP contribution is -2.54. The molecule has 0 spiro atoms. The predicted octanol–water partition coefficient (Wildman–Crippen LogP) is 3.22. The molecule has 0 aromatic heterocycles. The number of carbonyl (C=O) groups excluding carboxylic acids is 3. The summed E-state index contributed by atoms with van der Waals surface area (Å²) in [6, 6.07) is 10.4. The minimum absolute atomic E-state index is 0.195. The Hall–Kier alpha value is -3.13. The number of barbiturate groups is 1. The number of amides is 4. The number of urea groups is 1. The molecule has 1 heterocycles. The highest BCUT2D eigenvalue weighted by Gasteiger charge is 2.37. The van der Waals surface area contributed by atoms with Gasteiger partial charge in [0.1, 0.15) is 5.57 Å². The zero-order valence-electron chi connectivity index (χ0n) is 14.2. The highest BCUT2D eigenvalue weighted by Crippen LogP contribution is 2.32. The van der Waals surface area contributed by atoms with Gasteiger partial charge in [0, 0.05) is 10.0 Å². The number of benzene rings is 2. The van der Waals surface area contributed by atoms with E-state index < -0.39 is 17.8 Å². The summed E-state index contributed by atoms with van der Waals surface area (Å²) in [5, 5.41) is 12.4. The molecule has 1 aliphatic heterocycles. The van der Waals surface area contributed by atoms with Crippen molar-refractivity contribution in [2.75, 3.05) is 11.5 Å². The van der Waals surface area contributed by atoms with Crippen molar-refractivity contribution in [3.63, 3.8) is 0 Å². The average Bonchev–Trinajstić information content (AvgIpc) is 2.63. The maximum atomic E-state index is 12.8. The fourth-order valence-corrected chi connectivity index (χ4v) is 2.83. The van der Waals surface area contributed by atoms with Gasteiger partial charge in [0.2, 0.25) is 0 Å². The van der Waals surface area contributed by atoms with Gasteiger partial charge in [-0.25, -0.2) is 9.69 Å². The number of carbonyl (C=O) groups is 3. The number of nitrogens with zero attached hydrogens (tertiary/aromatic N) is 1. The Bertz CT molecular complexity index is 953. The number of imide groups is 2. The van der Waals surface area contributed by atoms with Gasteiger partial charge in [0.25, 0.3) is 11.8 Å². The SMILES string of the molecule is CCOc1cccc(/C=C2\C(=O)NC(=O)N(c3ccc(Br)cc3)C2=O)c1O. The molecule has 2 N–H and O–H groups in total. The van der Waals surface area contributed by atoms with Crippen LogP contribution in [-0.2, 0) is 9.59 Å². The Kier molecular flexibility index (Phi) is 5.27. The molecule has 3 rings (SSSR count). The number of anilines is 1. The molecule has 138 valence electrons. The van der Waals surface area contributed by atoms with Gasteiger partial charge >= 0.3 is 6.03 Å². The standard InChI is InChI=1S/C19H15BrN2O5/c1-2-27-15-5-3-4-11(16(15)23)10-14-17(24)21-19(26)22(18(14)25)13-8-6-12(20)7-9-13/h3-10,23H,2H2,1H3,(H,21,24,26)/b14-10+. The summed E-state index contributed by atoms with van der Waals surface area (Å²) in [5.74, 6) is -1.58. The maximum Gasteiger partial charge on any atom is 0.335 e. The first-order valence-corrected chi connectivity index (χ1v) is 8.83. The van der Waals surface area contributed by atoms with Crippen LogP contribution in [0.25, 0.3) is 6.08 Å². The minimum Gasteiger partial charge on any atom is -0.504 e. The number of para-hydroxylation sites is 1. The molecule has 0 aliphatic carbocycles. The molecule has 1 aliphatic rings. The first-order valence-electron chi connectivity index (χ1n) is 8.04. The summed E-state index contributed by atoms with van der Waals surface area (Å²) in [6.07, 6.45) is 1.23. The minimum atomic E-state index is -0.836. The van der Waals surface area contributed by atoms with Crippen molar-refractivity contribution in [3.05, 3.63) is 58.1 Å². The van der Waals surface area contributed by atoms with Gasteiger partial charge in [0.05, 0.1) is 12.3 Å². The number of hydrogen-bond acceptors (Lipinski definition) is 5. The van der Waals surface area contributed by atoms with E-state index in [1.807, 2.05) is 0 Å². The molecule has 0 bridgehead atoms. The lowest BCUT2D eigenvalue weighted by atomic mass is 10.1. The van der Waals surface area contributed by atoms with Gasteiger partial charge in [-0.2, -0.15) is 0 Å². The lowest BCUT2D eigenvalue weighted by Gasteiger charge is -2.26. The first kappa shape index (κ1) is 18.7. The number of ether oxygens (including phenoxy) is 1. The molecule has 0 unspecified atom stereocenters. The van der Waals surface area contributed by atoms with Crippen molar-refractivity contribution in [3.8, 4) is 11.5 Å². The first-order chi connectivity index (χ1) is 12.9. The second-order valence-electron chi connectivity index (χ2n) is 5.56. The number of halogens is 1. The quantitative estimate of drug-likeness (QED) is 0.573. The molecular weight excluding hydrogens is 416 g/mol. The van der Waals surface area contributed by atoms with Crippen LogP contribution in [-0.4, -0.2) is 29.6 Å². The summed E-state index contributed by atoms with van der Waals surface area (Å²) >= 11 is 3.28. The summed E-state index contributed by atoms with van der Waals surface area (Å²) < 4.78 is 6.08. The van der Waals surface area contributed by atoms with Gasteiger partial charge in [-0.05, 0) is 43.3 Å². The van der Waals surface area contributed by atoms with Gasteiger partial charge in [-0.3, -0.25) is 14.9 Å². The number of phenols is 1. The van der Waals surface area contributed by atoms with Crippen LogP contribution in [0.15, 0.2) is 52.5 Å². The summed E-state index contributed by atoms with van der Waals surface area (Å²) in [6.45, 7) is 2.11. The average molecular weight is 431 g/mol. The van der Waals surface area contributed by atoms with E-state index in [4.69, 9.17) is 4.74 Å². The molecule has 2 aromatic rings. The molecule has 7 nitrogen and oxygen atoms in total. The van der Waals surface area contributed by atoms with Crippen molar-refractivity contribution >= 4 is 45.5 Å². The third kappa shape index (κ3) is 3.70.